The molecule has 1 aliphatic heterocycles. The number of hydrogen-bond acceptors (Lipinski definition) is 5. The van der Waals surface area contributed by atoms with Gasteiger partial charge >= 0.3 is 5.97 Å². The predicted molar refractivity (Wildman–Crippen MR) is 64.0 cm³/mol. The fraction of sp³-hybridized carbons (Fsp3) is 0.455. The van der Waals surface area contributed by atoms with E-state index >= 15 is 0 Å². The van der Waals surface area contributed by atoms with Crippen molar-refractivity contribution in [3.63, 3.8) is 0 Å². The molecular formula is C11H14N2O3S. The molecule has 0 aliphatic carbocycles. The Morgan fingerprint density at radius 1 is 1.59 bits per heavy atom. The summed E-state index contributed by atoms with van der Waals surface area (Å²) in [4.78, 5) is 23.7. The molecule has 1 aromatic rings. The van der Waals surface area contributed by atoms with Gasteiger partial charge in [-0.3, -0.25) is 9.59 Å². The number of esters is 1. The van der Waals surface area contributed by atoms with Gasteiger partial charge in [0.15, 0.2) is 0 Å². The van der Waals surface area contributed by atoms with Crippen molar-refractivity contribution in [3.8, 4) is 0 Å². The zero-order valence-corrected chi connectivity index (χ0v) is 10.3. The van der Waals surface area contributed by atoms with Crippen molar-refractivity contribution >= 4 is 23.2 Å². The van der Waals surface area contributed by atoms with Crippen LogP contribution in [0.2, 0.25) is 0 Å². The molecule has 1 aliphatic rings. The molecule has 1 fully saturated rings. The number of nitrogens with one attached hydrogen (secondary N) is 2. The minimum Gasteiger partial charge on any atom is -0.468 e. The summed E-state index contributed by atoms with van der Waals surface area (Å²) >= 11 is 1.40. The number of rotatable bonds is 3. The molecule has 2 N–H and O–H groups in total. The first-order valence-corrected chi connectivity index (χ1v) is 6.24. The third kappa shape index (κ3) is 2.83. The van der Waals surface area contributed by atoms with Crippen LogP contribution in [0.15, 0.2) is 17.5 Å². The van der Waals surface area contributed by atoms with Crippen molar-refractivity contribution in [2.24, 2.45) is 0 Å². The van der Waals surface area contributed by atoms with E-state index in [9.17, 15) is 9.59 Å². The van der Waals surface area contributed by atoms with Gasteiger partial charge in [-0.15, -0.1) is 11.3 Å². The van der Waals surface area contributed by atoms with E-state index in [1.165, 1.54) is 18.4 Å². The minimum absolute atomic E-state index is 0.0197. The predicted octanol–water partition coefficient (Wildman–Crippen LogP) is 0.381. The molecule has 0 aromatic carbocycles. The smallest absolute Gasteiger partial charge is 0.322 e. The maximum absolute atomic E-state index is 11.8. The van der Waals surface area contributed by atoms with E-state index in [1.54, 1.807) is 6.07 Å². The summed E-state index contributed by atoms with van der Waals surface area (Å²) in [5, 5.41) is 7.77. The zero-order valence-electron chi connectivity index (χ0n) is 9.43. The summed E-state index contributed by atoms with van der Waals surface area (Å²) in [7, 11) is 1.36. The number of carbonyl (C=O) groups excluding carboxylic acids is 2. The van der Waals surface area contributed by atoms with Crippen LogP contribution in [0.1, 0.15) is 16.1 Å². The molecule has 5 nitrogen and oxygen atoms in total. The second-order valence-electron chi connectivity index (χ2n) is 3.87. The molecule has 0 unspecified atom stereocenters. The number of methoxy groups -OCH3 is 1. The van der Waals surface area contributed by atoms with Crippen LogP contribution in [-0.2, 0) is 9.53 Å². The van der Waals surface area contributed by atoms with Gasteiger partial charge < -0.3 is 15.4 Å². The lowest BCUT2D eigenvalue weighted by molar-refractivity contribution is -0.142. The van der Waals surface area contributed by atoms with Crippen molar-refractivity contribution in [2.45, 2.75) is 18.5 Å². The molecule has 92 valence electrons. The van der Waals surface area contributed by atoms with Gasteiger partial charge in [0.25, 0.3) is 5.91 Å². The van der Waals surface area contributed by atoms with Crippen LogP contribution in [0.25, 0.3) is 0 Å². The van der Waals surface area contributed by atoms with E-state index < -0.39 is 0 Å². The topological polar surface area (TPSA) is 67.4 Å². The average Bonchev–Trinajstić information content (AvgIpc) is 2.98. The molecule has 2 rings (SSSR count). The molecule has 6 heteroatoms. The van der Waals surface area contributed by atoms with Crippen LogP contribution in [0.3, 0.4) is 0 Å². The standard InChI is InChI=1S/C11H14N2O3S/c1-16-11(15)8-5-7(6-12-8)13-10(14)9-3-2-4-17-9/h2-4,7-8,12H,5-6H2,1H3,(H,13,14)/t7-,8-/m0/s1. The zero-order chi connectivity index (χ0) is 12.3. The van der Waals surface area contributed by atoms with Gasteiger partial charge in [0.05, 0.1) is 12.0 Å². The van der Waals surface area contributed by atoms with Crippen LogP contribution in [0.5, 0.6) is 0 Å². The van der Waals surface area contributed by atoms with Crippen molar-refractivity contribution in [3.05, 3.63) is 22.4 Å². The van der Waals surface area contributed by atoms with Crippen LogP contribution < -0.4 is 10.6 Å². The second-order valence-corrected chi connectivity index (χ2v) is 4.82. The highest BCUT2D eigenvalue weighted by atomic mass is 32.1. The van der Waals surface area contributed by atoms with Gasteiger partial charge in [-0.25, -0.2) is 0 Å². The number of amides is 1. The number of carbonyl (C=O) groups is 2. The third-order valence-electron chi connectivity index (χ3n) is 2.70. The molecule has 2 atom stereocenters. The van der Waals surface area contributed by atoms with E-state index in [1.807, 2.05) is 11.4 Å². The molecule has 1 saturated heterocycles. The molecule has 1 amide bonds. The van der Waals surface area contributed by atoms with Crippen molar-refractivity contribution < 1.29 is 14.3 Å². The SMILES string of the molecule is COC(=O)[C@@H]1C[C@H](NC(=O)c2cccs2)CN1. The van der Waals surface area contributed by atoms with E-state index in [0.717, 1.165) is 0 Å². The largest absolute Gasteiger partial charge is 0.468 e. The van der Waals surface area contributed by atoms with E-state index in [2.05, 4.69) is 15.4 Å². The molecular weight excluding hydrogens is 240 g/mol. The lowest BCUT2D eigenvalue weighted by Gasteiger charge is -2.10. The van der Waals surface area contributed by atoms with Gasteiger partial charge in [0.1, 0.15) is 6.04 Å². The lowest BCUT2D eigenvalue weighted by Crippen LogP contribution is -2.35. The van der Waals surface area contributed by atoms with Crippen LogP contribution in [0.4, 0.5) is 0 Å². The Morgan fingerprint density at radius 3 is 3.06 bits per heavy atom. The van der Waals surface area contributed by atoms with E-state index in [4.69, 9.17) is 0 Å². The van der Waals surface area contributed by atoms with Gasteiger partial charge in [-0.05, 0) is 17.9 Å². The number of thiophene rings is 1. The van der Waals surface area contributed by atoms with E-state index in [0.29, 0.717) is 17.8 Å². The molecule has 0 spiro atoms. The summed E-state index contributed by atoms with van der Waals surface area (Å²) in [6.07, 6.45) is 0.573. The highest BCUT2D eigenvalue weighted by Crippen LogP contribution is 2.12. The first kappa shape index (κ1) is 12.1. The van der Waals surface area contributed by atoms with Crippen molar-refractivity contribution in [2.75, 3.05) is 13.7 Å². The maximum Gasteiger partial charge on any atom is 0.322 e. The summed E-state index contributed by atoms with van der Waals surface area (Å²) in [5.41, 5.74) is 0. The molecule has 1 aromatic heterocycles. The maximum atomic E-state index is 11.8. The Kier molecular flexibility index (Phi) is 3.75. The number of hydrogen-bond donors (Lipinski definition) is 2. The van der Waals surface area contributed by atoms with Gasteiger partial charge in [-0.2, -0.15) is 0 Å². The highest BCUT2D eigenvalue weighted by molar-refractivity contribution is 7.12. The fourth-order valence-corrected chi connectivity index (χ4v) is 2.46. The Bertz CT molecular complexity index is 405. The van der Waals surface area contributed by atoms with Crippen molar-refractivity contribution in [1.82, 2.24) is 10.6 Å². The minimum atomic E-state index is -0.311. The molecule has 0 saturated carbocycles. The molecule has 0 radical (unpaired) electrons. The van der Waals surface area contributed by atoms with Gasteiger partial charge in [-0.1, -0.05) is 6.07 Å². The Labute approximate surface area is 103 Å². The average molecular weight is 254 g/mol. The number of ether oxygens (including phenoxy) is 1. The highest BCUT2D eigenvalue weighted by Gasteiger charge is 2.31. The first-order valence-electron chi connectivity index (χ1n) is 5.36. The molecule has 0 bridgehead atoms. The third-order valence-corrected chi connectivity index (χ3v) is 3.57. The summed E-state index contributed by atoms with van der Waals surface area (Å²) in [6.45, 7) is 0.594. The molecule has 2 heterocycles. The van der Waals surface area contributed by atoms with Gasteiger partial charge in [0.2, 0.25) is 0 Å². The fourth-order valence-electron chi connectivity index (χ4n) is 1.83. The van der Waals surface area contributed by atoms with E-state index in [-0.39, 0.29) is 24.0 Å². The molecule has 17 heavy (non-hydrogen) atoms. The lowest BCUT2D eigenvalue weighted by atomic mass is 10.1. The quantitative estimate of drug-likeness (QED) is 0.765. The van der Waals surface area contributed by atoms with Crippen LogP contribution in [0, 0.1) is 0 Å². The Hall–Kier alpha value is -1.40. The van der Waals surface area contributed by atoms with Crippen LogP contribution >= 0.6 is 11.3 Å². The van der Waals surface area contributed by atoms with Gasteiger partial charge in [0, 0.05) is 12.6 Å². The summed E-state index contributed by atoms with van der Waals surface area (Å²) in [5.74, 6) is -0.366. The second kappa shape index (κ2) is 5.29. The summed E-state index contributed by atoms with van der Waals surface area (Å²) < 4.78 is 4.65. The van der Waals surface area contributed by atoms with Crippen LogP contribution in [-0.4, -0.2) is 37.6 Å². The van der Waals surface area contributed by atoms with Crippen molar-refractivity contribution in [1.29, 1.82) is 0 Å². The Balaban J connectivity index is 1.86. The Morgan fingerprint density at radius 2 is 2.41 bits per heavy atom. The first-order chi connectivity index (χ1) is 8.20. The normalized spacial score (nSPS) is 23.4. The monoisotopic (exact) mass is 254 g/mol. The summed E-state index contributed by atoms with van der Waals surface area (Å²) in [6, 6.07) is 3.28.